The molecule has 2 amide bonds. The molecule has 1 aliphatic rings. The van der Waals surface area contributed by atoms with E-state index in [0.29, 0.717) is 30.9 Å². The molecule has 0 spiro atoms. The lowest BCUT2D eigenvalue weighted by molar-refractivity contribution is 0.246. The molecule has 2 aromatic carbocycles. The minimum atomic E-state index is -0.690. The van der Waals surface area contributed by atoms with Gasteiger partial charge in [-0.25, -0.2) is 9.18 Å². The molecular weight excluding hydrogens is 366 g/mol. The van der Waals surface area contributed by atoms with Gasteiger partial charge in [-0.05, 0) is 41.8 Å². The maximum Gasteiger partial charge on any atom is 0.322 e. The van der Waals surface area contributed by atoms with Gasteiger partial charge in [0.05, 0.1) is 24.6 Å². The van der Waals surface area contributed by atoms with Crippen LogP contribution in [0, 0.1) is 11.8 Å². The number of hydrogen-bond acceptors (Lipinski definition) is 3. The largest absolute Gasteiger partial charge is 0.497 e. The average molecular weight is 384 g/mol. The molecule has 2 N–H and O–H groups in total. The van der Waals surface area contributed by atoms with Crippen molar-refractivity contribution in [3.63, 3.8) is 0 Å². The van der Waals surface area contributed by atoms with E-state index in [9.17, 15) is 13.6 Å². The molecule has 8 heteroatoms. The molecular formula is C20H18F2N4O2. The standard InChI is InChI=1S/C20H18F2N4O2/c1-28-14-4-2-3-12(7-14)10-23-20(27)26-6-5-13-8-15(17(21)9-18(13)26)16-11-24-25-19(16)22/h2-4,7-9,11H,5-6,10H2,1H3,(H,23,27)(H,24,25). The van der Waals surface area contributed by atoms with Crippen LogP contribution in [0.3, 0.4) is 0 Å². The molecule has 0 fully saturated rings. The highest BCUT2D eigenvalue weighted by Crippen LogP contribution is 2.35. The topological polar surface area (TPSA) is 70.2 Å². The summed E-state index contributed by atoms with van der Waals surface area (Å²) in [6, 6.07) is 9.92. The van der Waals surface area contributed by atoms with Gasteiger partial charge >= 0.3 is 6.03 Å². The lowest BCUT2D eigenvalue weighted by atomic mass is 10.0. The van der Waals surface area contributed by atoms with Gasteiger partial charge in [-0.15, -0.1) is 0 Å². The summed E-state index contributed by atoms with van der Waals surface area (Å²) in [5.41, 5.74) is 2.37. The van der Waals surface area contributed by atoms with Gasteiger partial charge in [0.25, 0.3) is 0 Å². The molecule has 0 atom stereocenters. The molecule has 4 rings (SSSR count). The molecule has 0 unspecified atom stereocenters. The molecule has 0 saturated carbocycles. The van der Waals surface area contributed by atoms with Gasteiger partial charge in [-0.2, -0.15) is 9.49 Å². The number of amides is 2. The van der Waals surface area contributed by atoms with Crippen LogP contribution in [0.4, 0.5) is 19.3 Å². The number of rotatable bonds is 4. The third-order valence-electron chi connectivity index (χ3n) is 4.77. The number of aromatic nitrogens is 2. The second-order valence-electron chi connectivity index (χ2n) is 6.47. The lowest BCUT2D eigenvalue weighted by Crippen LogP contribution is -2.38. The highest BCUT2D eigenvalue weighted by atomic mass is 19.1. The smallest absolute Gasteiger partial charge is 0.322 e. The number of H-pyrrole nitrogens is 1. The van der Waals surface area contributed by atoms with Crippen LogP contribution < -0.4 is 15.0 Å². The van der Waals surface area contributed by atoms with Gasteiger partial charge in [0.15, 0.2) is 0 Å². The fourth-order valence-corrected chi connectivity index (χ4v) is 3.34. The van der Waals surface area contributed by atoms with Gasteiger partial charge in [-0.1, -0.05) is 12.1 Å². The number of anilines is 1. The number of carbonyl (C=O) groups is 1. The Morgan fingerprint density at radius 2 is 2.14 bits per heavy atom. The summed E-state index contributed by atoms with van der Waals surface area (Å²) in [7, 11) is 1.58. The van der Waals surface area contributed by atoms with E-state index in [1.807, 2.05) is 24.3 Å². The molecule has 28 heavy (non-hydrogen) atoms. The fourth-order valence-electron chi connectivity index (χ4n) is 3.34. The number of methoxy groups -OCH3 is 1. The number of urea groups is 1. The van der Waals surface area contributed by atoms with E-state index in [1.165, 1.54) is 17.2 Å². The van der Waals surface area contributed by atoms with E-state index in [4.69, 9.17) is 4.74 Å². The molecule has 6 nitrogen and oxygen atoms in total. The summed E-state index contributed by atoms with van der Waals surface area (Å²) in [5, 5.41) is 8.59. The highest BCUT2D eigenvalue weighted by Gasteiger charge is 2.27. The number of aromatic amines is 1. The molecule has 0 bridgehead atoms. The normalized spacial score (nSPS) is 12.8. The first-order valence-corrected chi connectivity index (χ1v) is 8.77. The molecule has 1 aromatic heterocycles. The van der Waals surface area contributed by atoms with Crippen molar-refractivity contribution in [2.24, 2.45) is 0 Å². The van der Waals surface area contributed by atoms with Crippen molar-refractivity contribution in [2.75, 3.05) is 18.6 Å². The van der Waals surface area contributed by atoms with E-state index in [1.54, 1.807) is 13.2 Å². The summed E-state index contributed by atoms with van der Waals surface area (Å²) >= 11 is 0. The number of nitrogens with zero attached hydrogens (tertiary/aromatic N) is 2. The summed E-state index contributed by atoms with van der Waals surface area (Å²) in [6.45, 7) is 0.749. The maximum absolute atomic E-state index is 14.6. The van der Waals surface area contributed by atoms with E-state index < -0.39 is 11.8 Å². The molecule has 0 saturated heterocycles. The number of fused-ring (bicyclic) bond motifs is 1. The first-order chi connectivity index (χ1) is 13.6. The second-order valence-corrected chi connectivity index (χ2v) is 6.47. The lowest BCUT2D eigenvalue weighted by Gasteiger charge is -2.19. The van der Waals surface area contributed by atoms with Gasteiger partial charge in [0.1, 0.15) is 11.6 Å². The fraction of sp³-hybridized carbons (Fsp3) is 0.200. The molecule has 1 aliphatic heterocycles. The average Bonchev–Trinajstić information content (AvgIpc) is 3.31. The van der Waals surface area contributed by atoms with Crippen LogP contribution in [0.25, 0.3) is 11.1 Å². The third kappa shape index (κ3) is 3.28. The monoisotopic (exact) mass is 384 g/mol. The maximum atomic E-state index is 14.6. The number of carbonyl (C=O) groups excluding carboxylic acids is 1. The van der Waals surface area contributed by atoms with E-state index in [0.717, 1.165) is 11.1 Å². The molecule has 0 radical (unpaired) electrons. The molecule has 3 aromatic rings. The number of halogens is 2. The predicted molar refractivity (Wildman–Crippen MR) is 100 cm³/mol. The van der Waals surface area contributed by atoms with Crippen LogP contribution in [-0.4, -0.2) is 29.9 Å². The van der Waals surface area contributed by atoms with E-state index in [2.05, 4.69) is 15.5 Å². The van der Waals surface area contributed by atoms with Crippen molar-refractivity contribution in [1.29, 1.82) is 0 Å². The summed E-state index contributed by atoms with van der Waals surface area (Å²) in [6.07, 6.45) is 1.81. The molecule has 0 aliphatic carbocycles. The number of benzene rings is 2. The zero-order valence-corrected chi connectivity index (χ0v) is 15.1. The third-order valence-corrected chi connectivity index (χ3v) is 4.77. The zero-order chi connectivity index (χ0) is 19.7. The van der Waals surface area contributed by atoms with Crippen LogP contribution in [0.2, 0.25) is 0 Å². The molecule has 2 heterocycles. The second kappa shape index (κ2) is 7.30. The highest BCUT2D eigenvalue weighted by molar-refractivity contribution is 5.94. The van der Waals surface area contributed by atoms with Gasteiger partial charge in [0.2, 0.25) is 5.95 Å². The van der Waals surface area contributed by atoms with E-state index >= 15 is 0 Å². The van der Waals surface area contributed by atoms with Crippen LogP contribution in [0.15, 0.2) is 42.6 Å². The van der Waals surface area contributed by atoms with Crippen LogP contribution >= 0.6 is 0 Å². The zero-order valence-electron chi connectivity index (χ0n) is 15.1. The Hall–Kier alpha value is -3.42. The Labute approximate surface area is 160 Å². The minimum Gasteiger partial charge on any atom is -0.497 e. The minimum absolute atomic E-state index is 0.0706. The summed E-state index contributed by atoms with van der Waals surface area (Å²) < 4.78 is 33.5. The van der Waals surface area contributed by atoms with Crippen LogP contribution in [-0.2, 0) is 13.0 Å². The van der Waals surface area contributed by atoms with Crippen molar-refractivity contribution in [2.45, 2.75) is 13.0 Å². The van der Waals surface area contributed by atoms with Crippen molar-refractivity contribution in [3.8, 4) is 16.9 Å². The van der Waals surface area contributed by atoms with Crippen molar-refractivity contribution < 1.29 is 18.3 Å². The number of hydrogen-bond donors (Lipinski definition) is 2. The van der Waals surface area contributed by atoms with Gasteiger partial charge in [-0.3, -0.25) is 10.00 Å². The SMILES string of the molecule is COc1cccc(CNC(=O)N2CCc3cc(-c4cn[nH]c4F)c(F)cc32)c1. The quantitative estimate of drug-likeness (QED) is 0.722. The van der Waals surface area contributed by atoms with Crippen LogP contribution in [0.5, 0.6) is 5.75 Å². The first-order valence-electron chi connectivity index (χ1n) is 8.77. The first kappa shape index (κ1) is 18.0. The Bertz CT molecular complexity index is 1030. The van der Waals surface area contributed by atoms with Crippen molar-refractivity contribution in [1.82, 2.24) is 15.5 Å². The van der Waals surface area contributed by atoms with Gasteiger partial charge in [0, 0.05) is 18.7 Å². The van der Waals surface area contributed by atoms with Crippen molar-refractivity contribution in [3.05, 3.63) is 65.5 Å². The predicted octanol–water partition coefficient (Wildman–Crippen LogP) is 3.64. The Morgan fingerprint density at radius 3 is 2.89 bits per heavy atom. The van der Waals surface area contributed by atoms with Gasteiger partial charge < -0.3 is 10.1 Å². The summed E-state index contributed by atoms with van der Waals surface area (Å²) in [4.78, 5) is 14.1. The summed E-state index contributed by atoms with van der Waals surface area (Å²) in [5.74, 6) is -0.587. The Balaban J connectivity index is 1.52. The number of ether oxygens (including phenoxy) is 1. The van der Waals surface area contributed by atoms with E-state index in [-0.39, 0.29) is 17.2 Å². The number of nitrogens with one attached hydrogen (secondary N) is 2. The van der Waals surface area contributed by atoms with Crippen molar-refractivity contribution >= 4 is 11.7 Å². The van der Waals surface area contributed by atoms with Crippen LogP contribution in [0.1, 0.15) is 11.1 Å². The Kier molecular flexibility index (Phi) is 4.68. The Morgan fingerprint density at radius 1 is 1.29 bits per heavy atom. The molecule has 144 valence electrons.